The molecule has 122 valence electrons. The van der Waals surface area contributed by atoms with Crippen LogP contribution in [0.25, 0.3) is 0 Å². The van der Waals surface area contributed by atoms with Gasteiger partial charge in [-0.25, -0.2) is 0 Å². The molecular formula is C18H21NO4. The minimum Gasteiger partial charge on any atom is -0.497 e. The minimum absolute atomic E-state index is 0.00911. The van der Waals surface area contributed by atoms with E-state index in [2.05, 4.69) is 5.32 Å². The average Bonchev–Trinajstić information content (AvgIpc) is 3.16. The van der Waals surface area contributed by atoms with Gasteiger partial charge in [0.05, 0.1) is 18.9 Å². The van der Waals surface area contributed by atoms with Gasteiger partial charge in [0, 0.05) is 6.54 Å². The van der Waals surface area contributed by atoms with E-state index in [1.165, 1.54) is 0 Å². The Labute approximate surface area is 135 Å². The zero-order chi connectivity index (χ0) is 16.4. The fraction of sp³-hybridized carbons (Fsp3) is 0.444. The molecule has 23 heavy (non-hydrogen) atoms. The first-order valence-corrected chi connectivity index (χ1v) is 7.92. The molecule has 1 fully saturated rings. The van der Waals surface area contributed by atoms with Gasteiger partial charge in [-0.15, -0.1) is 0 Å². The van der Waals surface area contributed by atoms with Crippen molar-refractivity contribution in [2.24, 2.45) is 23.7 Å². The van der Waals surface area contributed by atoms with Crippen molar-refractivity contribution in [3.8, 4) is 5.75 Å². The third-order valence-electron chi connectivity index (χ3n) is 4.92. The molecule has 0 saturated heterocycles. The first kappa shape index (κ1) is 15.6. The standard InChI is InChI=1S/C18H21NO4/c1-23-14-6-2-11(3-7-14)8-9-19-17(20)15-12-4-5-13(10-12)16(15)18(21)22/h2-7,12-13,15-16H,8-10H2,1H3,(H,19,20)(H,21,22)/t12-,13+,15-,16-/m0/s1. The molecule has 0 unspecified atom stereocenters. The largest absolute Gasteiger partial charge is 0.497 e. The zero-order valence-electron chi connectivity index (χ0n) is 13.1. The Morgan fingerprint density at radius 3 is 2.43 bits per heavy atom. The Hall–Kier alpha value is -2.30. The van der Waals surface area contributed by atoms with Crippen LogP contribution in [0.3, 0.4) is 0 Å². The van der Waals surface area contributed by atoms with Crippen LogP contribution < -0.4 is 10.1 Å². The number of hydrogen-bond donors (Lipinski definition) is 2. The highest BCUT2D eigenvalue weighted by Gasteiger charge is 2.51. The fourth-order valence-electron chi connectivity index (χ4n) is 3.76. The summed E-state index contributed by atoms with van der Waals surface area (Å²) in [6.07, 6.45) is 5.44. The molecule has 2 aliphatic rings. The number of hydrogen-bond acceptors (Lipinski definition) is 3. The Bertz CT molecular complexity index is 622. The number of carboxylic acids is 1. The van der Waals surface area contributed by atoms with Gasteiger partial charge in [-0.3, -0.25) is 9.59 Å². The van der Waals surface area contributed by atoms with Gasteiger partial charge in [0.1, 0.15) is 5.75 Å². The fourth-order valence-corrected chi connectivity index (χ4v) is 3.76. The number of carbonyl (C=O) groups excluding carboxylic acids is 1. The second-order valence-electron chi connectivity index (χ2n) is 6.23. The van der Waals surface area contributed by atoms with Crippen molar-refractivity contribution >= 4 is 11.9 Å². The summed E-state index contributed by atoms with van der Waals surface area (Å²) in [6, 6.07) is 7.70. The third kappa shape index (κ3) is 3.09. The van der Waals surface area contributed by atoms with Crippen LogP contribution in [0.1, 0.15) is 12.0 Å². The van der Waals surface area contributed by atoms with Crippen LogP contribution in [0, 0.1) is 23.7 Å². The summed E-state index contributed by atoms with van der Waals surface area (Å²) in [4.78, 5) is 23.8. The first-order valence-electron chi connectivity index (χ1n) is 7.92. The maximum absolute atomic E-state index is 12.4. The van der Waals surface area contributed by atoms with Crippen molar-refractivity contribution in [3.63, 3.8) is 0 Å². The molecule has 1 amide bonds. The SMILES string of the molecule is COc1ccc(CCNC(=O)[C@@H]2[C@@H](C(=O)O)[C@@H]3C=C[C@H]2C3)cc1. The molecule has 2 N–H and O–H groups in total. The molecule has 5 nitrogen and oxygen atoms in total. The molecule has 1 aromatic rings. The topological polar surface area (TPSA) is 75.6 Å². The predicted octanol–water partition coefficient (Wildman–Crippen LogP) is 1.88. The lowest BCUT2D eigenvalue weighted by atomic mass is 9.82. The minimum atomic E-state index is -0.864. The molecule has 1 saturated carbocycles. The molecule has 2 aliphatic carbocycles. The van der Waals surface area contributed by atoms with Crippen molar-refractivity contribution < 1.29 is 19.4 Å². The molecule has 0 radical (unpaired) electrons. The number of nitrogens with one attached hydrogen (secondary N) is 1. The van der Waals surface area contributed by atoms with Crippen LogP contribution in [0.2, 0.25) is 0 Å². The van der Waals surface area contributed by atoms with Gasteiger partial charge in [-0.1, -0.05) is 24.3 Å². The lowest BCUT2D eigenvalue weighted by Gasteiger charge is -2.23. The van der Waals surface area contributed by atoms with Gasteiger partial charge in [-0.05, 0) is 42.4 Å². The number of rotatable bonds is 6. The highest BCUT2D eigenvalue weighted by molar-refractivity contribution is 5.86. The highest BCUT2D eigenvalue weighted by atomic mass is 16.5. The van der Waals surface area contributed by atoms with E-state index in [4.69, 9.17) is 4.74 Å². The number of fused-ring (bicyclic) bond motifs is 2. The lowest BCUT2D eigenvalue weighted by molar-refractivity contribution is -0.147. The van der Waals surface area contributed by atoms with Crippen molar-refractivity contribution in [2.75, 3.05) is 13.7 Å². The Morgan fingerprint density at radius 2 is 1.83 bits per heavy atom. The Morgan fingerprint density at radius 1 is 1.17 bits per heavy atom. The molecule has 0 heterocycles. The molecular weight excluding hydrogens is 294 g/mol. The third-order valence-corrected chi connectivity index (χ3v) is 4.92. The summed E-state index contributed by atoms with van der Waals surface area (Å²) in [5.41, 5.74) is 1.11. The Kier molecular flexibility index (Phi) is 4.37. The maximum Gasteiger partial charge on any atom is 0.307 e. The number of allylic oxidation sites excluding steroid dienone is 2. The van der Waals surface area contributed by atoms with Crippen molar-refractivity contribution in [1.29, 1.82) is 0 Å². The van der Waals surface area contributed by atoms with E-state index in [1.54, 1.807) is 7.11 Å². The van der Waals surface area contributed by atoms with Gasteiger partial charge in [0.25, 0.3) is 0 Å². The van der Waals surface area contributed by atoms with E-state index in [-0.39, 0.29) is 17.7 Å². The Balaban J connectivity index is 1.54. The van der Waals surface area contributed by atoms with E-state index in [0.29, 0.717) is 13.0 Å². The smallest absolute Gasteiger partial charge is 0.307 e. The molecule has 4 atom stereocenters. The van der Waals surface area contributed by atoms with Gasteiger partial charge in [0.15, 0.2) is 0 Å². The van der Waals surface area contributed by atoms with E-state index in [9.17, 15) is 14.7 Å². The number of carboxylic acid groups (broad SMARTS) is 1. The summed E-state index contributed by atoms with van der Waals surface area (Å²) >= 11 is 0. The number of methoxy groups -OCH3 is 1. The first-order chi connectivity index (χ1) is 11.1. The molecule has 0 spiro atoms. The number of aliphatic carboxylic acids is 1. The number of amides is 1. The normalized spacial score (nSPS) is 27.9. The average molecular weight is 315 g/mol. The molecule has 2 bridgehead atoms. The van der Waals surface area contributed by atoms with Crippen LogP contribution in [0.5, 0.6) is 5.75 Å². The van der Waals surface area contributed by atoms with Crippen LogP contribution >= 0.6 is 0 Å². The highest BCUT2D eigenvalue weighted by Crippen LogP contribution is 2.48. The number of benzene rings is 1. The molecule has 3 rings (SSSR count). The monoisotopic (exact) mass is 315 g/mol. The van der Waals surface area contributed by atoms with Gasteiger partial charge in [-0.2, -0.15) is 0 Å². The second kappa shape index (κ2) is 6.44. The molecule has 5 heteroatoms. The number of ether oxygens (including phenoxy) is 1. The second-order valence-corrected chi connectivity index (χ2v) is 6.23. The van der Waals surface area contributed by atoms with E-state index in [0.717, 1.165) is 17.7 Å². The van der Waals surface area contributed by atoms with Crippen molar-refractivity contribution in [3.05, 3.63) is 42.0 Å². The summed E-state index contributed by atoms with van der Waals surface area (Å²) in [5.74, 6) is -1.13. The van der Waals surface area contributed by atoms with Gasteiger partial charge >= 0.3 is 5.97 Å². The molecule has 0 aliphatic heterocycles. The van der Waals surface area contributed by atoms with Crippen LogP contribution in [-0.2, 0) is 16.0 Å². The van der Waals surface area contributed by atoms with Crippen LogP contribution in [0.4, 0.5) is 0 Å². The molecule has 0 aromatic heterocycles. The quantitative estimate of drug-likeness (QED) is 0.786. The summed E-state index contributed by atoms with van der Waals surface area (Å²) in [6.45, 7) is 0.509. The van der Waals surface area contributed by atoms with Crippen LogP contribution in [0.15, 0.2) is 36.4 Å². The maximum atomic E-state index is 12.4. The summed E-state index contributed by atoms with van der Waals surface area (Å²) in [7, 11) is 1.62. The summed E-state index contributed by atoms with van der Waals surface area (Å²) in [5, 5.41) is 12.3. The van der Waals surface area contributed by atoms with E-state index < -0.39 is 17.8 Å². The van der Waals surface area contributed by atoms with Gasteiger partial charge < -0.3 is 15.2 Å². The number of carbonyl (C=O) groups is 2. The summed E-state index contributed by atoms with van der Waals surface area (Å²) < 4.78 is 5.11. The lowest BCUT2D eigenvalue weighted by Crippen LogP contribution is -2.40. The van der Waals surface area contributed by atoms with Crippen molar-refractivity contribution in [2.45, 2.75) is 12.8 Å². The zero-order valence-corrected chi connectivity index (χ0v) is 13.1. The molecule has 1 aromatic carbocycles. The van der Waals surface area contributed by atoms with E-state index >= 15 is 0 Å². The van der Waals surface area contributed by atoms with Crippen molar-refractivity contribution in [1.82, 2.24) is 5.32 Å². The van der Waals surface area contributed by atoms with Gasteiger partial charge in [0.2, 0.25) is 5.91 Å². The predicted molar refractivity (Wildman–Crippen MR) is 85.1 cm³/mol. The van der Waals surface area contributed by atoms with E-state index in [1.807, 2.05) is 36.4 Å². The van der Waals surface area contributed by atoms with Crippen LogP contribution in [-0.4, -0.2) is 30.6 Å².